The second-order valence-electron chi connectivity index (χ2n) is 4.41. The summed E-state index contributed by atoms with van der Waals surface area (Å²) in [6, 6.07) is 7.52. The van der Waals surface area contributed by atoms with Gasteiger partial charge >= 0.3 is 0 Å². The van der Waals surface area contributed by atoms with Crippen LogP contribution in [0, 0.1) is 10.1 Å². The van der Waals surface area contributed by atoms with Gasteiger partial charge in [-0.05, 0) is 12.1 Å². The van der Waals surface area contributed by atoms with Crippen molar-refractivity contribution >= 4 is 17.8 Å². The highest BCUT2D eigenvalue weighted by atomic mass is 16.6. The first kappa shape index (κ1) is 15.8. The summed E-state index contributed by atoms with van der Waals surface area (Å²) in [5.41, 5.74) is 2.28. The highest BCUT2D eigenvalue weighted by Gasteiger charge is 2.13. The first-order valence-corrected chi connectivity index (χ1v) is 6.21. The van der Waals surface area contributed by atoms with Crippen LogP contribution >= 0.6 is 0 Å². The molecular weight excluding hydrogens is 306 g/mol. The van der Waals surface area contributed by atoms with Gasteiger partial charge in [-0.3, -0.25) is 14.9 Å². The average molecular weight is 317 g/mol. The Morgan fingerprint density at radius 1 is 1.17 bits per heavy atom. The van der Waals surface area contributed by atoms with E-state index < -0.39 is 28.1 Å². The van der Waals surface area contributed by atoms with Crippen LogP contribution in [0.1, 0.15) is 15.9 Å². The van der Waals surface area contributed by atoms with Gasteiger partial charge in [0.05, 0.1) is 11.1 Å². The van der Waals surface area contributed by atoms with E-state index in [1.807, 2.05) is 0 Å². The molecule has 9 heteroatoms. The molecule has 2 rings (SSSR count). The van der Waals surface area contributed by atoms with Crippen LogP contribution in [0.2, 0.25) is 0 Å². The lowest BCUT2D eigenvalue weighted by Gasteiger charge is -2.04. The quantitative estimate of drug-likeness (QED) is 0.291. The van der Waals surface area contributed by atoms with Gasteiger partial charge in [0, 0.05) is 23.3 Å². The number of nitro groups is 1. The van der Waals surface area contributed by atoms with Crippen molar-refractivity contribution < 1.29 is 25.0 Å². The number of phenols is 3. The number of hydrazone groups is 1. The lowest BCUT2D eigenvalue weighted by molar-refractivity contribution is -0.384. The summed E-state index contributed by atoms with van der Waals surface area (Å²) in [5.74, 6) is -2.80. The van der Waals surface area contributed by atoms with Gasteiger partial charge in [0.25, 0.3) is 11.6 Å². The lowest BCUT2D eigenvalue weighted by Crippen LogP contribution is -2.17. The third-order valence-corrected chi connectivity index (χ3v) is 2.79. The smallest absolute Gasteiger partial charge is 0.271 e. The zero-order valence-electron chi connectivity index (χ0n) is 11.5. The van der Waals surface area contributed by atoms with Gasteiger partial charge in [-0.1, -0.05) is 12.1 Å². The molecule has 0 bridgehead atoms. The fourth-order valence-electron chi connectivity index (χ4n) is 1.68. The summed E-state index contributed by atoms with van der Waals surface area (Å²) in [4.78, 5) is 21.9. The number of nitrogens with one attached hydrogen (secondary N) is 1. The first-order chi connectivity index (χ1) is 10.9. The van der Waals surface area contributed by atoms with Crippen LogP contribution < -0.4 is 5.43 Å². The van der Waals surface area contributed by atoms with Crippen molar-refractivity contribution in [3.05, 3.63) is 57.6 Å². The van der Waals surface area contributed by atoms with E-state index in [2.05, 4.69) is 10.5 Å². The largest absolute Gasteiger partial charge is 0.504 e. The predicted molar refractivity (Wildman–Crippen MR) is 79.6 cm³/mol. The SMILES string of the molecule is O=C(NN=Cc1cccc([N+](=O)[O-])c1)c1cc(O)c(O)c(O)c1. The zero-order valence-corrected chi connectivity index (χ0v) is 11.5. The van der Waals surface area contributed by atoms with E-state index in [1.165, 1.54) is 24.4 Å². The standard InChI is InChI=1S/C14H11N3O6/c18-11-5-9(6-12(19)13(11)20)14(21)16-15-7-8-2-1-3-10(4-8)17(22)23/h1-7,18-20H,(H,16,21). The number of aromatic hydroxyl groups is 3. The number of phenolic OH excluding ortho intramolecular Hbond substituents is 3. The van der Waals surface area contributed by atoms with Gasteiger partial charge in [0.1, 0.15) is 0 Å². The van der Waals surface area contributed by atoms with Crippen LogP contribution in [-0.4, -0.2) is 32.4 Å². The minimum absolute atomic E-state index is 0.117. The van der Waals surface area contributed by atoms with Crippen molar-refractivity contribution in [2.75, 3.05) is 0 Å². The molecule has 2 aromatic rings. The highest BCUT2D eigenvalue weighted by Crippen LogP contribution is 2.35. The van der Waals surface area contributed by atoms with E-state index in [1.54, 1.807) is 6.07 Å². The number of nitrogens with zero attached hydrogens (tertiary/aromatic N) is 2. The van der Waals surface area contributed by atoms with Gasteiger partial charge in [-0.25, -0.2) is 5.43 Å². The average Bonchev–Trinajstić information content (AvgIpc) is 2.52. The van der Waals surface area contributed by atoms with Crippen molar-refractivity contribution in [1.82, 2.24) is 5.43 Å². The summed E-state index contributed by atoms with van der Waals surface area (Å²) in [7, 11) is 0. The molecule has 0 aliphatic carbocycles. The Hall–Kier alpha value is -3.62. The number of rotatable bonds is 4. The highest BCUT2D eigenvalue weighted by molar-refractivity contribution is 5.96. The lowest BCUT2D eigenvalue weighted by atomic mass is 10.2. The predicted octanol–water partition coefficient (Wildman–Crippen LogP) is 1.48. The second kappa shape index (κ2) is 6.43. The molecule has 9 nitrogen and oxygen atoms in total. The van der Waals surface area contributed by atoms with Crippen LogP contribution in [0.25, 0.3) is 0 Å². The molecule has 0 spiro atoms. The Kier molecular flexibility index (Phi) is 4.41. The summed E-state index contributed by atoms with van der Waals surface area (Å²) in [6.07, 6.45) is 1.20. The number of hydrogen-bond acceptors (Lipinski definition) is 7. The van der Waals surface area contributed by atoms with Crippen molar-refractivity contribution in [1.29, 1.82) is 0 Å². The first-order valence-electron chi connectivity index (χ1n) is 6.21. The van der Waals surface area contributed by atoms with E-state index in [-0.39, 0.29) is 11.3 Å². The Balaban J connectivity index is 2.10. The summed E-state index contributed by atoms with van der Waals surface area (Å²) < 4.78 is 0. The summed E-state index contributed by atoms with van der Waals surface area (Å²) in [5, 5.41) is 42.1. The number of carbonyl (C=O) groups is 1. The minimum Gasteiger partial charge on any atom is -0.504 e. The van der Waals surface area contributed by atoms with E-state index in [9.17, 15) is 30.2 Å². The van der Waals surface area contributed by atoms with Crippen LogP contribution in [0.3, 0.4) is 0 Å². The molecule has 4 N–H and O–H groups in total. The zero-order chi connectivity index (χ0) is 17.0. The van der Waals surface area contributed by atoms with Crippen molar-refractivity contribution in [3.63, 3.8) is 0 Å². The van der Waals surface area contributed by atoms with Crippen LogP contribution in [0.5, 0.6) is 17.2 Å². The van der Waals surface area contributed by atoms with Crippen molar-refractivity contribution in [2.45, 2.75) is 0 Å². The number of nitro benzene ring substituents is 1. The van der Waals surface area contributed by atoms with Crippen LogP contribution in [0.15, 0.2) is 41.5 Å². The second-order valence-corrected chi connectivity index (χ2v) is 4.41. The molecule has 23 heavy (non-hydrogen) atoms. The van der Waals surface area contributed by atoms with E-state index in [4.69, 9.17) is 0 Å². The summed E-state index contributed by atoms with van der Waals surface area (Å²) >= 11 is 0. The fourth-order valence-corrected chi connectivity index (χ4v) is 1.68. The molecule has 0 aliphatic heterocycles. The third kappa shape index (κ3) is 3.73. The van der Waals surface area contributed by atoms with Gasteiger partial charge < -0.3 is 15.3 Å². The molecular formula is C14H11N3O6. The molecule has 0 heterocycles. The van der Waals surface area contributed by atoms with Crippen molar-refractivity contribution in [2.24, 2.45) is 5.10 Å². The maximum absolute atomic E-state index is 11.8. The molecule has 0 saturated heterocycles. The molecule has 0 aliphatic rings. The Morgan fingerprint density at radius 3 is 2.43 bits per heavy atom. The molecule has 0 aromatic heterocycles. The molecule has 2 aromatic carbocycles. The monoisotopic (exact) mass is 317 g/mol. The van der Waals surface area contributed by atoms with Crippen LogP contribution in [0.4, 0.5) is 5.69 Å². The third-order valence-electron chi connectivity index (χ3n) is 2.79. The molecule has 0 saturated carbocycles. The molecule has 0 atom stereocenters. The topological polar surface area (TPSA) is 145 Å². The number of hydrogen-bond donors (Lipinski definition) is 4. The van der Waals surface area contributed by atoms with Crippen LogP contribution in [-0.2, 0) is 0 Å². The van der Waals surface area contributed by atoms with Gasteiger partial charge in [0.15, 0.2) is 17.2 Å². The van der Waals surface area contributed by atoms with Crippen molar-refractivity contribution in [3.8, 4) is 17.2 Å². The molecule has 0 fully saturated rings. The molecule has 0 unspecified atom stereocenters. The van der Waals surface area contributed by atoms with Gasteiger partial charge in [-0.2, -0.15) is 5.10 Å². The number of benzene rings is 2. The minimum atomic E-state index is -0.753. The summed E-state index contributed by atoms with van der Waals surface area (Å²) in [6.45, 7) is 0. The van der Waals surface area contributed by atoms with E-state index in [0.29, 0.717) is 5.56 Å². The Morgan fingerprint density at radius 2 is 1.83 bits per heavy atom. The Bertz CT molecular complexity index is 780. The normalized spacial score (nSPS) is 10.6. The maximum atomic E-state index is 11.8. The van der Waals surface area contributed by atoms with E-state index in [0.717, 1.165) is 12.1 Å². The van der Waals surface area contributed by atoms with Gasteiger partial charge in [0.2, 0.25) is 0 Å². The molecule has 0 radical (unpaired) electrons. The molecule has 1 amide bonds. The van der Waals surface area contributed by atoms with Gasteiger partial charge in [-0.15, -0.1) is 0 Å². The maximum Gasteiger partial charge on any atom is 0.271 e. The van der Waals surface area contributed by atoms with E-state index >= 15 is 0 Å². The Labute approximate surface area is 129 Å². The number of amides is 1. The number of non-ortho nitro benzene ring substituents is 1. The fraction of sp³-hybridized carbons (Fsp3) is 0. The number of carbonyl (C=O) groups excluding carboxylic acids is 1. The molecule has 118 valence electrons.